The fraction of sp³-hybridized carbons (Fsp3) is 0.400. The first-order chi connectivity index (χ1) is 14.0. The number of carbonyl (C=O) groups excluding carboxylic acids is 2. The number of imidazole rings is 1. The molecule has 9 heteroatoms. The first-order valence-electron chi connectivity index (χ1n) is 9.19. The normalized spacial score (nSPS) is 16.4. The molecule has 3 rings (SSSR count). The van der Waals surface area contributed by atoms with Crippen molar-refractivity contribution >= 4 is 18.3 Å². The van der Waals surface area contributed by atoms with Gasteiger partial charge in [-0.3, -0.25) is 14.4 Å². The molecule has 1 aromatic heterocycles. The highest BCUT2D eigenvalue weighted by Gasteiger charge is 2.36. The van der Waals surface area contributed by atoms with Crippen molar-refractivity contribution in [3.63, 3.8) is 0 Å². The summed E-state index contributed by atoms with van der Waals surface area (Å²) in [6.07, 6.45) is 3.45. The Labute approximate surface area is 169 Å². The minimum absolute atomic E-state index is 0.0311. The van der Waals surface area contributed by atoms with Gasteiger partial charge in [-0.15, -0.1) is 0 Å². The SMILES string of the molecule is COCCn1cncc1CN1C(=O)CN(Cc2ccccc2)C(=O)[C@H]1C.O=CO. The molecule has 0 saturated carbocycles. The Morgan fingerprint density at radius 1 is 1.24 bits per heavy atom. The van der Waals surface area contributed by atoms with Crippen LogP contribution in [0.25, 0.3) is 0 Å². The fourth-order valence-electron chi connectivity index (χ4n) is 3.15. The average molecular weight is 402 g/mol. The molecule has 1 aliphatic rings. The van der Waals surface area contributed by atoms with E-state index in [9.17, 15) is 9.59 Å². The third-order valence-electron chi connectivity index (χ3n) is 4.67. The van der Waals surface area contributed by atoms with E-state index < -0.39 is 6.04 Å². The van der Waals surface area contributed by atoms with Crippen LogP contribution in [0.15, 0.2) is 42.9 Å². The van der Waals surface area contributed by atoms with E-state index >= 15 is 0 Å². The Morgan fingerprint density at radius 2 is 1.93 bits per heavy atom. The molecule has 0 aliphatic carbocycles. The predicted molar refractivity (Wildman–Crippen MR) is 105 cm³/mol. The zero-order chi connectivity index (χ0) is 21.2. The lowest BCUT2D eigenvalue weighted by molar-refractivity contribution is -0.156. The molecule has 29 heavy (non-hydrogen) atoms. The number of carbonyl (C=O) groups is 3. The van der Waals surface area contributed by atoms with Crippen LogP contribution < -0.4 is 0 Å². The van der Waals surface area contributed by atoms with Gasteiger partial charge in [-0.25, -0.2) is 4.98 Å². The maximum atomic E-state index is 12.8. The van der Waals surface area contributed by atoms with E-state index in [-0.39, 0.29) is 24.8 Å². The summed E-state index contributed by atoms with van der Waals surface area (Å²) >= 11 is 0. The fourth-order valence-corrected chi connectivity index (χ4v) is 3.15. The van der Waals surface area contributed by atoms with Gasteiger partial charge in [-0.2, -0.15) is 0 Å². The number of aromatic nitrogens is 2. The molecule has 2 aromatic rings. The number of hydrogen-bond acceptors (Lipinski definition) is 5. The summed E-state index contributed by atoms with van der Waals surface area (Å²) in [5.41, 5.74) is 1.92. The second-order valence-electron chi connectivity index (χ2n) is 6.55. The largest absolute Gasteiger partial charge is 0.483 e. The zero-order valence-electron chi connectivity index (χ0n) is 16.6. The molecule has 0 unspecified atom stereocenters. The van der Waals surface area contributed by atoms with E-state index in [1.165, 1.54) is 0 Å². The smallest absolute Gasteiger partial charge is 0.290 e. The molecule has 1 aliphatic heterocycles. The van der Waals surface area contributed by atoms with Crippen LogP contribution in [0.3, 0.4) is 0 Å². The van der Waals surface area contributed by atoms with Gasteiger partial charge < -0.3 is 24.2 Å². The number of benzene rings is 1. The molecule has 9 nitrogen and oxygen atoms in total. The monoisotopic (exact) mass is 402 g/mol. The van der Waals surface area contributed by atoms with Crippen molar-refractivity contribution in [2.24, 2.45) is 0 Å². The number of hydrogen-bond donors (Lipinski definition) is 1. The number of ether oxygens (including phenoxy) is 1. The van der Waals surface area contributed by atoms with E-state index in [1.807, 2.05) is 34.9 Å². The van der Waals surface area contributed by atoms with Crippen LogP contribution in [-0.4, -0.2) is 69.0 Å². The van der Waals surface area contributed by atoms with Gasteiger partial charge in [0.15, 0.2) is 0 Å². The topological polar surface area (TPSA) is 105 Å². The van der Waals surface area contributed by atoms with Crippen LogP contribution in [0.1, 0.15) is 18.2 Å². The number of nitrogens with zero attached hydrogens (tertiary/aromatic N) is 4. The summed E-state index contributed by atoms with van der Waals surface area (Å²) in [5.74, 6) is -0.0797. The van der Waals surface area contributed by atoms with Gasteiger partial charge >= 0.3 is 0 Å². The van der Waals surface area contributed by atoms with Crippen molar-refractivity contribution in [3.8, 4) is 0 Å². The Morgan fingerprint density at radius 3 is 2.59 bits per heavy atom. The van der Waals surface area contributed by atoms with E-state index in [0.29, 0.717) is 26.2 Å². The van der Waals surface area contributed by atoms with Crippen molar-refractivity contribution in [1.29, 1.82) is 0 Å². The van der Waals surface area contributed by atoms with Crippen LogP contribution in [-0.2, 0) is 38.8 Å². The summed E-state index contributed by atoms with van der Waals surface area (Å²) in [5, 5.41) is 6.89. The summed E-state index contributed by atoms with van der Waals surface area (Å²) in [6, 6.07) is 9.23. The zero-order valence-corrected chi connectivity index (χ0v) is 16.6. The number of methoxy groups -OCH3 is 1. The molecule has 0 bridgehead atoms. The molecule has 2 heterocycles. The van der Waals surface area contributed by atoms with Crippen LogP contribution >= 0.6 is 0 Å². The number of amides is 2. The molecular weight excluding hydrogens is 376 g/mol. The molecule has 1 saturated heterocycles. The molecule has 156 valence electrons. The van der Waals surface area contributed by atoms with E-state index in [2.05, 4.69) is 4.98 Å². The van der Waals surface area contributed by atoms with Gasteiger partial charge in [0, 0.05) is 26.4 Å². The lowest BCUT2D eigenvalue weighted by Crippen LogP contribution is -2.58. The second kappa shape index (κ2) is 11.0. The molecule has 1 fully saturated rings. The van der Waals surface area contributed by atoms with Gasteiger partial charge in [-0.05, 0) is 12.5 Å². The maximum absolute atomic E-state index is 12.8. The van der Waals surface area contributed by atoms with E-state index in [4.69, 9.17) is 14.6 Å². The first kappa shape index (κ1) is 22.1. The Bertz CT molecular complexity index is 808. The molecule has 1 aromatic carbocycles. The standard InChI is InChI=1S/C19H24N4O3.CH2O2/c1-15-19(25)22(11-16-6-4-3-5-7-16)13-18(24)23(15)12-17-10-20-14-21(17)8-9-26-2;2-1-3/h3-7,10,14-15H,8-9,11-13H2,1-2H3;1H,(H,2,3)/t15-;/m1./s1. The summed E-state index contributed by atoms with van der Waals surface area (Å²) in [7, 11) is 1.65. The number of carboxylic acid groups (broad SMARTS) is 1. The van der Waals surface area contributed by atoms with Crippen LogP contribution in [0.4, 0.5) is 0 Å². The van der Waals surface area contributed by atoms with Crippen molar-refractivity contribution in [2.45, 2.75) is 32.6 Å². The first-order valence-corrected chi connectivity index (χ1v) is 9.19. The summed E-state index contributed by atoms with van der Waals surface area (Å²) in [4.78, 5) is 41.2. The van der Waals surface area contributed by atoms with Gasteiger partial charge in [0.2, 0.25) is 11.8 Å². The molecule has 1 atom stereocenters. The third-order valence-corrected chi connectivity index (χ3v) is 4.67. The number of rotatable bonds is 7. The molecule has 2 amide bonds. The van der Waals surface area contributed by atoms with Crippen molar-refractivity contribution in [1.82, 2.24) is 19.4 Å². The third kappa shape index (κ3) is 5.89. The Kier molecular flexibility index (Phi) is 8.35. The van der Waals surface area contributed by atoms with Crippen LogP contribution in [0, 0.1) is 0 Å². The Hall–Kier alpha value is -3.20. The Balaban J connectivity index is 0.000000941. The lowest BCUT2D eigenvalue weighted by atomic mass is 10.1. The average Bonchev–Trinajstić information content (AvgIpc) is 3.16. The van der Waals surface area contributed by atoms with Gasteiger partial charge in [0.1, 0.15) is 12.6 Å². The van der Waals surface area contributed by atoms with Crippen LogP contribution in [0.5, 0.6) is 0 Å². The molecular formula is C20H26N4O5. The van der Waals surface area contributed by atoms with Crippen molar-refractivity contribution in [3.05, 3.63) is 54.1 Å². The molecule has 0 spiro atoms. The quantitative estimate of drug-likeness (QED) is 0.693. The summed E-state index contributed by atoms with van der Waals surface area (Å²) in [6.45, 7) is 3.69. The minimum atomic E-state index is -0.495. The van der Waals surface area contributed by atoms with Gasteiger partial charge in [0.25, 0.3) is 6.47 Å². The van der Waals surface area contributed by atoms with Crippen molar-refractivity contribution in [2.75, 3.05) is 20.3 Å². The lowest BCUT2D eigenvalue weighted by Gasteiger charge is -2.38. The van der Waals surface area contributed by atoms with Gasteiger partial charge in [-0.1, -0.05) is 30.3 Å². The highest BCUT2D eigenvalue weighted by atomic mass is 16.5. The van der Waals surface area contributed by atoms with Gasteiger partial charge in [0.05, 0.1) is 25.2 Å². The highest BCUT2D eigenvalue weighted by molar-refractivity contribution is 5.94. The van der Waals surface area contributed by atoms with Crippen molar-refractivity contribution < 1.29 is 24.2 Å². The number of piperazine rings is 1. The molecule has 0 radical (unpaired) electrons. The highest BCUT2D eigenvalue weighted by Crippen LogP contribution is 2.18. The van der Waals surface area contributed by atoms with E-state index in [0.717, 1.165) is 11.3 Å². The van der Waals surface area contributed by atoms with Crippen LogP contribution in [0.2, 0.25) is 0 Å². The maximum Gasteiger partial charge on any atom is 0.290 e. The molecule has 1 N–H and O–H groups in total. The summed E-state index contributed by atoms with van der Waals surface area (Å²) < 4.78 is 7.05. The second-order valence-corrected chi connectivity index (χ2v) is 6.55. The van der Waals surface area contributed by atoms with E-state index in [1.54, 1.807) is 36.4 Å². The minimum Gasteiger partial charge on any atom is -0.483 e. The predicted octanol–water partition coefficient (Wildman–Crippen LogP) is 0.990.